The van der Waals surface area contributed by atoms with Gasteiger partial charge in [-0.1, -0.05) is 46.9 Å². The maximum Gasteiger partial charge on any atom is 0.272 e. The summed E-state index contributed by atoms with van der Waals surface area (Å²) in [7, 11) is 0. The van der Waals surface area contributed by atoms with Crippen LogP contribution in [-0.4, -0.2) is 4.92 Å². The lowest BCUT2D eigenvalue weighted by atomic mass is 10.1. The predicted octanol–water partition coefficient (Wildman–Crippen LogP) is 5.48. The summed E-state index contributed by atoms with van der Waals surface area (Å²) in [6, 6.07) is 8.12. The molecule has 0 bridgehead atoms. The maximum atomic E-state index is 10.9. The van der Waals surface area contributed by atoms with Crippen molar-refractivity contribution in [3.63, 3.8) is 0 Å². The van der Waals surface area contributed by atoms with Gasteiger partial charge in [0.2, 0.25) is 0 Å². The molecule has 1 N–H and O–H groups in total. The number of halogens is 3. The van der Waals surface area contributed by atoms with Crippen molar-refractivity contribution >= 4 is 46.2 Å². The third-order valence-electron chi connectivity index (χ3n) is 3.09. The van der Waals surface area contributed by atoms with Crippen LogP contribution in [-0.2, 0) is 6.54 Å². The van der Waals surface area contributed by atoms with Crippen LogP contribution in [0.5, 0.6) is 0 Å². The summed E-state index contributed by atoms with van der Waals surface area (Å²) in [5, 5.41) is 15.2. The second-order valence-corrected chi connectivity index (χ2v) is 5.64. The van der Waals surface area contributed by atoms with Gasteiger partial charge < -0.3 is 5.32 Å². The minimum Gasteiger partial charge on any atom is -0.380 e. The van der Waals surface area contributed by atoms with E-state index in [1.807, 2.05) is 6.07 Å². The molecule has 2 aromatic carbocycles. The van der Waals surface area contributed by atoms with E-state index in [1.54, 1.807) is 25.1 Å². The molecule has 21 heavy (non-hydrogen) atoms. The highest BCUT2D eigenvalue weighted by Crippen LogP contribution is 2.32. The van der Waals surface area contributed by atoms with Crippen LogP contribution < -0.4 is 5.32 Å². The fourth-order valence-electron chi connectivity index (χ4n) is 1.91. The van der Waals surface area contributed by atoms with E-state index in [9.17, 15) is 10.1 Å². The Labute approximate surface area is 136 Å². The summed E-state index contributed by atoms with van der Waals surface area (Å²) < 4.78 is 0. The van der Waals surface area contributed by atoms with Crippen LogP contribution in [0.1, 0.15) is 11.1 Å². The standard InChI is InChI=1S/C14H11Cl3N2O2/c1-8-9(3-2-4-14(8)19(20)21)7-18-13-6-11(16)10(15)5-12(13)17/h2-6,18H,7H2,1H3. The van der Waals surface area contributed by atoms with E-state index in [0.29, 0.717) is 32.9 Å². The molecular formula is C14H11Cl3N2O2. The van der Waals surface area contributed by atoms with Crippen molar-refractivity contribution in [1.29, 1.82) is 0 Å². The second kappa shape index (κ2) is 6.52. The molecule has 0 aliphatic heterocycles. The largest absolute Gasteiger partial charge is 0.380 e. The highest BCUT2D eigenvalue weighted by Gasteiger charge is 2.13. The average molecular weight is 346 g/mol. The lowest BCUT2D eigenvalue weighted by Gasteiger charge is -2.11. The molecule has 0 unspecified atom stereocenters. The first-order valence-electron chi connectivity index (χ1n) is 6.01. The highest BCUT2D eigenvalue weighted by molar-refractivity contribution is 6.44. The number of nitro groups is 1. The van der Waals surface area contributed by atoms with Crippen LogP contribution in [0.3, 0.4) is 0 Å². The van der Waals surface area contributed by atoms with E-state index in [-0.39, 0.29) is 5.69 Å². The van der Waals surface area contributed by atoms with E-state index < -0.39 is 4.92 Å². The lowest BCUT2D eigenvalue weighted by molar-refractivity contribution is -0.385. The van der Waals surface area contributed by atoms with Gasteiger partial charge in [0, 0.05) is 18.2 Å². The molecule has 0 aliphatic carbocycles. The molecular weight excluding hydrogens is 335 g/mol. The molecule has 4 nitrogen and oxygen atoms in total. The van der Waals surface area contributed by atoms with Crippen molar-refractivity contribution < 1.29 is 4.92 Å². The zero-order chi connectivity index (χ0) is 15.6. The van der Waals surface area contributed by atoms with Gasteiger partial charge in [0.05, 0.1) is 25.7 Å². The Morgan fingerprint density at radius 2 is 1.81 bits per heavy atom. The molecule has 0 spiro atoms. The van der Waals surface area contributed by atoms with Gasteiger partial charge in [0.1, 0.15) is 0 Å². The number of rotatable bonds is 4. The van der Waals surface area contributed by atoms with Crippen LogP contribution in [0.4, 0.5) is 11.4 Å². The zero-order valence-corrected chi connectivity index (χ0v) is 13.3. The van der Waals surface area contributed by atoms with E-state index in [1.165, 1.54) is 6.07 Å². The van der Waals surface area contributed by atoms with Gasteiger partial charge in [-0.15, -0.1) is 0 Å². The summed E-state index contributed by atoms with van der Waals surface area (Å²) in [6.07, 6.45) is 0. The van der Waals surface area contributed by atoms with Crippen molar-refractivity contribution in [2.24, 2.45) is 0 Å². The first-order chi connectivity index (χ1) is 9.90. The summed E-state index contributed by atoms with van der Waals surface area (Å²) >= 11 is 17.9. The van der Waals surface area contributed by atoms with E-state index in [0.717, 1.165) is 5.56 Å². The normalized spacial score (nSPS) is 10.5. The smallest absolute Gasteiger partial charge is 0.272 e. The number of hydrogen-bond donors (Lipinski definition) is 1. The number of hydrogen-bond acceptors (Lipinski definition) is 3. The zero-order valence-electron chi connectivity index (χ0n) is 11.0. The minimum atomic E-state index is -0.398. The van der Waals surface area contributed by atoms with E-state index >= 15 is 0 Å². The number of nitrogens with zero attached hydrogens (tertiary/aromatic N) is 1. The van der Waals surface area contributed by atoms with Crippen molar-refractivity contribution in [3.8, 4) is 0 Å². The van der Waals surface area contributed by atoms with Crippen molar-refractivity contribution in [1.82, 2.24) is 0 Å². The monoisotopic (exact) mass is 344 g/mol. The van der Waals surface area contributed by atoms with Crippen molar-refractivity contribution in [3.05, 3.63) is 66.6 Å². The molecule has 0 heterocycles. The third kappa shape index (κ3) is 3.59. The Balaban J connectivity index is 2.23. The third-order valence-corrected chi connectivity index (χ3v) is 4.13. The number of nitro benzene ring substituents is 1. The molecule has 0 atom stereocenters. The summed E-state index contributed by atoms with van der Waals surface area (Å²) in [5.74, 6) is 0. The summed E-state index contributed by atoms with van der Waals surface area (Å²) in [5.41, 5.74) is 2.14. The van der Waals surface area contributed by atoms with Gasteiger partial charge in [0.15, 0.2) is 0 Å². The van der Waals surface area contributed by atoms with E-state index in [2.05, 4.69) is 5.32 Å². The van der Waals surface area contributed by atoms with Crippen LogP contribution in [0.25, 0.3) is 0 Å². The van der Waals surface area contributed by atoms with Crippen LogP contribution in [0, 0.1) is 17.0 Å². The van der Waals surface area contributed by atoms with Crippen molar-refractivity contribution in [2.75, 3.05) is 5.32 Å². The first kappa shape index (κ1) is 15.9. The molecule has 2 aromatic rings. The fourth-order valence-corrected chi connectivity index (χ4v) is 2.52. The molecule has 0 fully saturated rings. The molecule has 0 aliphatic rings. The molecule has 7 heteroatoms. The SMILES string of the molecule is Cc1c(CNc2cc(Cl)c(Cl)cc2Cl)cccc1[N+](=O)[O-]. The molecule has 0 saturated heterocycles. The van der Waals surface area contributed by atoms with Gasteiger partial charge in [-0.25, -0.2) is 0 Å². The van der Waals surface area contributed by atoms with Crippen molar-refractivity contribution in [2.45, 2.75) is 13.5 Å². The number of nitrogens with one attached hydrogen (secondary N) is 1. The summed E-state index contributed by atoms with van der Waals surface area (Å²) in [4.78, 5) is 10.5. The second-order valence-electron chi connectivity index (χ2n) is 4.42. The molecule has 2 rings (SSSR count). The highest BCUT2D eigenvalue weighted by atomic mass is 35.5. The van der Waals surface area contributed by atoms with Gasteiger partial charge in [-0.3, -0.25) is 10.1 Å². The molecule has 0 radical (unpaired) electrons. The average Bonchev–Trinajstić information content (AvgIpc) is 2.42. The lowest BCUT2D eigenvalue weighted by Crippen LogP contribution is -2.03. The quantitative estimate of drug-likeness (QED) is 0.454. The Morgan fingerprint density at radius 3 is 2.48 bits per heavy atom. The Hall–Kier alpha value is -1.49. The maximum absolute atomic E-state index is 10.9. The van der Waals surface area contributed by atoms with E-state index in [4.69, 9.17) is 34.8 Å². The summed E-state index contributed by atoms with van der Waals surface area (Å²) in [6.45, 7) is 2.11. The van der Waals surface area contributed by atoms with Gasteiger partial charge in [-0.2, -0.15) is 0 Å². The van der Waals surface area contributed by atoms with Gasteiger partial charge in [0.25, 0.3) is 5.69 Å². The molecule has 0 amide bonds. The predicted molar refractivity (Wildman–Crippen MR) is 86.6 cm³/mol. The van der Waals surface area contributed by atoms with Crippen LogP contribution in [0.15, 0.2) is 30.3 Å². The Kier molecular flexibility index (Phi) is 4.93. The minimum absolute atomic E-state index is 0.0922. The van der Waals surface area contributed by atoms with Gasteiger partial charge in [-0.05, 0) is 24.6 Å². The van der Waals surface area contributed by atoms with Gasteiger partial charge >= 0.3 is 0 Å². The fraction of sp³-hybridized carbons (Fsp3) is 0.143. The molecule has 0 aromatic heterocycles. The molecule has 0 saturated carbocycles. The van der Waals surface area contributed by atoms with Crippen LogP contribution >= 0.6 is 34.8 Å². The topological polar surface area (TPSA) is 55.2 Å². The first-order valence-corrected chi connectivity index (χ1v) is 7.15. The number of benzene rings is 2. The molecule has 110 valence electrons. The van der Waals surface area contributed by atoms with Crippen LogP contribution in [0.2, 0.25) is 15.1 Å². The number of anilines is 1. The Bertz CT molecular complexity index is 705. The Morgan fingerprint density at radius 1 is 1.14 bits per heavy atom.